The summed E-state index contributed by atoms with van der Waals surface area (Å²) < 4.78 is 0.898. The van der Waals surface area contributed by atoms with Gasteiger partial charge in [0.2, 0.25) is 0 Å². The summed E-state index contributed by atoms with van der Waals surface area (Å²) in [6.45, 7) is 4.53. The van der Waals surface area contributed by atoms with Gasteiger partial charge in [-0.25, -0.2) is 4.79 Å². The molecule has 0 bridgehead atoms. The van der Waals surface area contributed by atoms with Crippen LogP contribution in [0.1, 0.15) is 25.8 Å². The standard InChI is InChI=1S/C15H20BrClN2O3/c1-15(2,11-5-4-10(16)8-12(11)17)9-18-14(22)19(3)7-6-13(20)21/h4-5,8H,6-7,9H2,1-3H3,(H,18,22)(H,20,21). The number of nitrogens with zero attached hydrogens (tertiary/aromatic N) is 1. The zero-order valence-corrected chi connectivity index (χ0v) is 15.2. The molecule has 0 heterocycles. The van der Waals surface area contributed by atoms with Gasteiger partial charge in [0.05, 0.1) is 6.42 Å². The lowest BCUT2D eigenvalue weighted by Gasteiger charge is -2.28. The maximum absolute atomic E-state index is 12.0. The van der Waals surface area contributed by atoms with E-state index >= 15 is 0 Å². The maximum Gasteiger partial charge on any atom is 0.317 e. The fourth-order valence-electron chi connectivity index (χ4n) is 1.93. The van der Waals surface area contributed by atoms with Crippen molar-refractivity contribution in [3.63, 3.8) is 0 Å². The number of benzene rings is 1. The largest absolute Gasteiger partial charge is 0.481 e. The van der Waals surface area contributed by atoms with Crippen molar-refractivity contribution in [2.45, 2.75) is 25.7 Å². The molecule has 1 aromatic carbocycles. The highest BCUT2D eigenvalue weighted by molar-refractivity contribution is 9.10. The SMILES string of the molecule is CN(CCC(=O)O)C(=O)NCC(C)(C)c1ccc(Br)cc1Cl. The summed E-state index contributed by atoms with van der Waals surface area (Å²) in [5.41, 5.74) is 0.590. The quantitative estimate of drug-likeness (QED) is 0.780. The number of amides is 2. The molecule has 5 nitrogen and oxygen atoms in total. The normalized spacial score (nSPS) is 11.1. The summed E-state index contributed by atoms with van der Waals surface area (Å²) in [4.78, 5) is 23.8. The fraction of sp³-hybridized carbons (Fsp3) is 0.467. The average Bonchev–Trinajstić information content (AvgIpc) is 2.41. The Morgan fingerprint density at radius 3 is 2.59 bits per heavy atom. The molecule has 22 heavy (non-hydrogen) atoms. The van der Waals surface area contributed by atoms with Crippen molar-refractivity contribution < 1.29 is 14.7 Å². The number of carboxylic acids is 1. The number of rotatable bonds is 6. The predicted molar refractivity (Wildman–Crippen MR) is 90.5 cm³/mol. The topological polar surface area (TPSA) is 69.6 Å². The van der Waals surface area contributed by atoms with Crippen LogP contribution in [-0.4, -0.2) is 42.1 Å². The molecule has 0 aromatic heterocycles. The molecular weight excluding hydrogens is 372 g/mol. The predicted octanol–water partition coefficient (Wildman–Crippen LogP) is 3.50. The molecule has 0 aliphatic carbocycles. The van der Waals surface area contributed by atoms with Crippen molar-refractivity contribution in [3.8, 4) is 0 Å². The first kappa shape index (κ1) is 18.8. The molecular formula is C15H20BrClN2O3. The molecule has 1 aromatic rings. The molecule has 1 rings (SSSR count). The van der Waals surface area contributed by atoms with Crippen molar-refractivity contribution in [2.24, 2.45) is 0 Å². The van der Waals surface area contributed by atoms with E-state index in [0.717, 1.165) is 10.0 Å². The van der Waals surface area contributed by atoms with E-state index in [9.17, 15) is 9.59 Å². The molecule has 0 saturated carbocycles. The van der Waals surface area contributed by atoms with Gasteiger partial charge < -0.3 is 15.3 Å². The maximum atomic E-state index is 12.0. The van der Waals surface area contributed by atoms with Crippen LogP contribution in [0.2, 0.25) is 5.02 Å². The molecule has 122 valence electrons. The first-order chi connectivity index (χ1) is 10.1. The summed E-state index contributed by atoms with van der Waals surface area (Å²) in [7, 11) is 1.57. The van der Waals surface area contributed by atoms with E-state index in [2.05, 4.69) is 21.2 Å². The number of hydrogen-bond acceptors (Lipinski definition) is 2. The first-order valence-corrected chi connectivity index (χ1v) is 7.97. The number of nitrogens with one attached hydrogen (secondary N) is 1. The molecule has 0 saturated heterocycles. The van der Waals surface area contributed by atoms with Crippen LogP contribution in [0.4, 0.5) is 4.79 Å². The average molecular weight is 392 g/mol. The highest BCUT2D eigenvalue weighted by atomic mass is 79.9. The van der Waals surface area contributed by atoms with Gasteiger partial charge in [-0.1, -0.05) is 47.4 Å². The fourth-order valence-corrected chi connectivity index (χ4v) is 2.86. The molecule has 7 heteroatoms. The van der Waals surface area contributed by atoms with Gasteiger partial charge in [-0.15, -0.1) is 0 Å². The molecule has 0 spiro atoms. The molecule has 0 unspecified atom stereocenters. The molecule has 2 amide bonds. The van der Waals surface area contributed by atoms with Gasteiger partial charge in [0.1, 0.15) is 0 Å². The zero-order chi connectivity index (χ0) is 16.9. The smallest absolute Gasteiger partial charge is 0.317 e. The van der Waals surface area contributed by atoms with Gasteiger partial charge in [0, 0.05) is 35.0 Å². The van der Waals surface area contributed by atoms with Gasteiger partial charge in [0.25, 0.3) is 0 Å². The highest BCUT2D eigenvalue weighted by Crippen LogP contribution is 2.31. The Hall–Kier alpha value is -1.27. The van der Waals surface area contributed by atoms with Crippen molar-refractivity contribution in [2.75, 3.05) is 20.1 Å². The summed E-state index contributed by atoms with van der Waals surface area (Å²) in [5.74, 6) is -0.929. The van der Waals surface area contributed by atoms with E-state index < -0.39 is 5.97 Å². The van der Waals surface area contributed by atoms with Crippen LogP contribution in [0.25, 0.3) is 0 Å². The van der Waals surface area contributed by atoms with E-state index in [1.807, 2.05) is 32.0 Å². The van der Waals surface area contributed by atoms with Gasteiger partial charge in [-0.05, 0) is 17.7 Å². The van der Waals surface area contributed by atoms with Crippen LogP contribution < -0.4 is 5.32 Å². The lowest BCUT2D eigenvalue weighted by molar-refractivity contribution is -0.137. The van der Waals surface area contributed by atoms with Crippen molar-refractivity contribution in [1.82, 2.24) is 10.2 Å². The van der Waals surface area contributed by atoms with Crippen LogP contribution in [0, 0.1) is 0 Å². The summed E-state index contributed by atoms with van der Waals surface area (Å²) in [6.07, 6.45) is -0.0775. The number of halogens is 2. The summed E-state index contributed by atoms with van der Waals surface area (Å²) >= 11 is 9.62. The number of aliphatic carboxylic acids is 1. The Kier molecular flexibility index (Phi) is 6.68. The van der Waals surface area contributed by atoms with Crippen LogP contribution in [0.5, 0.6) is 0 Å². The number of carboxylic acid groups (broad SMARTS) is 1. The summed E-state index contributed by atoms with van der Waals surface area (Å²) in [5, 5.41) is 12.1. The number of hydrogen-bond donors (Lipinski definition) is 2. The molecule has 0 aliphatic heterocycles. The Bertz CT molecular complexity index is 564. The minimum Gasteiger partial charge on any atom is -0.481 e. The van der Waals surface area contributed by atoms with Crippen LogP contribution in [0.15, 0.2) is 22.7 Å². The van der Waals surface area contributed by atoms with Crippen LogP contribution in [0.3, 0.4) is 0 Å². The second kappa shape index (κ2) is 7.83. The number of carbonyl (C=O) groups is 2. The third-order valence-corrected chi connectivity index (χ3v) is 4.16. The monoisotopic (exact) mass is 390 g/mol. The Labute approximate surface area is 143 Å². The minimum atomic E-state index is -0.929. The Balaban J connectivity index is 2.65. The number of carbonyl (C=O) groups excluding carboxylic acids is 1. The minimum absolute atomic E-state index is 0.0775. The van der Waals surface area contributed by atoms with Crippen LogP contribution in [-0.2, 0) is 10.2 Å². The van der Waals surface area contributed by atoms with Gasteiger partial charge in [-0.2, -0.15) is 0 Å². The van der Waals surface area contributed by atoms with Crippen molar-refractivity contribution in [1.29, 1.82) is 0 Å². The van der Waals surface area contributed by atoms with Gasteiger partial charge >= 0.3 is 12.0 Å². The van der Waals surface area contributed by atoms with E-state index in [4.69, 9.17) is 16.7 Å². The lowest BCUT2D eigenvalue weighted by Crippen LogP contribution is -2.43. The second-order valence-corrected chi connectivity index (χ2v) is 7.05. The van der Waals surface area contributed by atoms with E-state index in [0.29, 0.717) is 11.6 Å². The third kappa shape index (κ3) is 5.50. The third-order valence-electron chi connectivity index (χ3n) is 3.35. The van der Waals surface area contributed by atoms with Gasteiger partial charge in [0.15, 0.2) is 0 Å². The molecule has 2 N–H and O–H groups in total. The number of urea groups is 1. The Morgan fingerprint density at radius 1 is 1.41 bits per heavy atom. The zero-order valence-electron chi connectivity index (χ0n) is 12.8. The van der Waals surface area contributed by atoms with Crippen molar-refractivity contribution in [3.05, 3.63) is 33.3 Å². The van der Waals surface area contributed by atoms with Crippen LogP contribution >= 0.6 is 27.5 Å². The second-order valence-electron chi connectivity index (χ2n) is 5.73. The van der Waals surface area contributed by atoms with E-state index in [1.54, 1.807) is 7.05 Å². The molecule has 0 aliphatic rings. The highest BCUT2D eigenvalue weighted by Gasteiger charge is 2.24. The Morgan fingerprint density at radius 2 is 2.05 bits per heavy atom. The molecule has 0 fully saturated rings. The van der Waals surface area contributed by atoms with E-state index in [1.165, 1.54) is 4.90 Å². The summed E-state index contributed by atoms with van der Waals surface area (Å²) in [6, 6.07) is 5.35. The lowest BCUT2D eigenvalue weighted by atomic mass is 9.84. The molecule has 0 atom stereocenters. The van der Waals surface area contributed by atoms with Crippen molar-refractivity contribution >= 4 is 39.5 Å². The van der Waals surface area contributed by atoms with E-state index in [-0.39, 0.29) is 24.4 Å². The van der Waals surface area contributed by atoms with Gasteiger partial charge in [-0.3, -0.25) is 4.79 Å². The molecule has 0 radical (unpaired) electrons. The first-order valence-electron chi connectivity index (χ1n) is 6.80.